The smallest absolute Gasteiger partial charge is 0.268 e. The van der Waals surface area contributed by atoms with Crippen LogP contribution in [0.15, 0.2) is 0 Å². The van der Waals surface area contributed by atoms with Crippen molar-refractivity contribution >= 4 is 17.6 Å². The summed E-state index contributed by atoms with van der Waals surface area (Å²) >= 11 is 0. The molecule has 2 amide bonds. The van der Waals surface area contributed by atoms with Gasteiger partial charge in [-0.2, -0.15) is 0 Å². The molecule has 120 valence electrons. The molecule has 1 aliphatic rings. The molecule has 1 atom stereocenters. The van der Waals surface area contributed by atoms with Gasteiger partial charge in [0, 0.05) is 24.2 Å². The van der Waals surface area contributed by atoms with Crippen LogP contribution < -0.4 is 10.6 Å². The number of nitrogens with one attached hydrogen (secondary N) is 3. The molecule has 6 heteroatoms. The third-order valence-corrected chi connectivity index (χ3v) is 3.95. The number of hydrogen-bond acceptors (Lipinski definition) is 3. The highest BCUT2D eigenvalue weighted by atomic mass is 16.2. The maximum Gasteiger partial charge on any atom is 0.268 e. The van der Waals surface area contributed by atoms with Gasteiger partial charge in [-0.1, -0.05) is 6.92 Å². The highest BCUT2D eigenvalue weighted by Gasteiger charge is 2.27. The summed E-state index contributed by atoms with van der Waals surface area (Å²) < 4.78 is 0. The van der Waals surface area contributed by atoms with Gasteiger partial charge in [-0.3, -0.25) is 14.4 Å². The van der Waals surface area contributed by atoms with Gasteiger partial charge < -0.3 is 15.6 Å². The minimum atomic E-state index is -0.616. The SMILES string of the molecule is CCCNC(=O)[C@H](C)NC(=O)c1[nH]c2c(c1C)C(=O)CCC2. The van der Waals surface area contributed by atoms with Crippen molar-refractivity contribution in [3.05, 3.63) is 22.5 Å². The predicted molar refractivity (Wildman–Crippen MR) is 83.0 cm³/mol. The van der Waals surface area contributed by atoms with Crippen LogP contribution in [0.3, 0.4) is 0 Å². The monoisotopic (exact) mass is 305 g/mol. The predicted octanol–water partition coefficient (Wildman–Crippen LogP) is 1.49. The molecule has 3 N–H and O–H groups in total. The second kappa shape index (κ2) is 6.77. The molecular formula is C16H23N3O3. The van der Waals surface area contributed by atoms with Crippen molar-refractivity contribution in [2.24, 2.45) is 0 Å². The summed E-state index contributed by atoms with van der Waals surface area (Å²) in [6.07, 6.45) is 2.96. The molecule has 0 saturated heterocycles. The molecule has 0 unspecified atom stereocenters. The minimum absolute atomic E-state index is 0.0859. The maximum absolute atomic E-state index is 12.3. The lowest BCUT2D eigenvalue weighted by atomic mass is 9.94. The summed E-state index contributed by atoms with van der Waals surface area (Å²) in [5, 5.41) is 5.42. The highest BCUT2D eigenvalue weighted by Crippen LogP contribution is 2.26. The Labute approximate surface area is 130 Å². The Kier molecular flexibility index (Phi) is 5.00. The summed E-state index contributed by atoms with van der Waals surface area (Å²) in [5.74, 6) is -0.470. The van der Waals surface area contributed by atoms with E-state index in [2.05, 4.69) is 15.6 Å². The fourth-order valence-electron chi connectivity index (χ4n) is 2.74. The lowest BCUT2D eigenvalue weighted by molar-refractivity contribution is -0.122. The average Bonchev–Trinajstić information content (AvgIpc) is 2.83. The van der Waals surface area contributed by atoms with E-state index in [4.69, 9.17) is 0 Å². The standard InChI is InChI=1S/C16H23N3O3/c1-4-8-17-15(21)10(3)18-16(22)14-9(2)13-11(19-14)6-5-7-12(13)20/h10,19H,4-8H2,1-3H3,(H,17,21)(H,18,22)/t10-/m0/s1. The van der Waals surface area contributed by atoms with E-state index in [0.29, 0.717) is 29.8 Å². The van der Waals surface area contributed by atoms with Crippen LogP contribution in [-0.4, -0.2) is 35.2 Å². The fourth-order valence-corrected chi connectivity index (χ4v) is 2.74. The summed E-state index contributed by atoms with van der Waals surface area (Å²) in [6, 6.07) is -0.616. The van der Waals surface area contributed by atoms with Crippen molar-refractivity contribution in [2.75, 3.05) is 6.54 Å². The summed E-state index contributed by atoms with van der Waals surface area (Å²) in [5.41, 5.74) is 2.55. The fraction of sp³-hybridized carbons (Fsp3) is 0.562. The lowest BCUT2D eigenvalue weighted by Crippen LogP contribution is -2.45. The number of rotatable bonds is 5. The van der Waals surface area contributed by atoms with E-state index in [1.807, 2.05) is 6.92 Å². The highest BCUT2D eigenvalue weighted by molar-refractivity contribution is 6.05. The number of carbonyl (C=O) groups excluding carboxylic acids is 3. The van der Waals surface area contributed by atoms with Crippen molar-refractivity contribution < 1.29 is 14.4 Å². The minimum Gasteiger partial charge on any atom is -0.354 e. The number of carbonyl (C=O) groups is 3. The first-order chi connectivity index (χ1) is 10.5. The third kappa shape index (κ3) is 3.21. The van der Waals surface area contributed by atoms with Gasteiger partial charge in [-0.15, -0.1) is 0 Å². The first kappa shape index (κ1) is 16.3. The molecule has 0 bridgehead atoms. The second-order valence-electron chi connectivity index (χ2n) is 5.74. The zero-order valence-electron chi connectivity index (χ0n) is 13.3. The first-order valence-electron chi connectivity index (χ1n) is 7.78. The Balaban J connectivity index is 2.10. The third-order valence-electron chi connectivity index (χ3n) is 3.95. The van der Waals surface area contributed by atoms with Crippen molar-refractivity contribution in [1.82, 2.24) is 15.6 Å². The second-order valence-corrected chi connectivity index (χ2v) is 5.74. The molecule has 1 aromatic rings. The van der Waals surface area contributed by atoms with Gasteiger partial charge in [0.15, 0.2) is 5.78 Å². The number of H-pyrrole nitrogens is 1. The zero-order valence-corrected chi connectivity index (χ0v) is 13.3. The van der Waals surface area contributed by atoms with Crippen LogP contribution in [0.5, 0.6) is 0 Å². The molecule has 0 saturated carbocycles. The van der Waals surface area contributed by atoms with E-state index in [-0.39, 0.29) is 17.6 Å². The number of amides is 2. The van der Waals surface area contributed by atoms with Gasteiger partial charge >= 0.3 is 0 Å². The molecule has 0 aromatic carbocycles. The van der Waals surface area contributed by atoms with Crippen LogP contribution in [0.2, 0.25) is 0 Å². The lowest BCUT2D eigenvalue weighted by Gasteiger charge is -2.13. The molecule has 22 heavy (non-hydrogen) atoms. The Bertz CT molecular complexity index is 604. The van der Waals surface area contributed by atoms with E-state index in [9.17, 15) is 14.4 Å². The summed E-state index contributed by atoms with van der Waals surface area (Å²) in [7, 11) is 0. The first-order valence-corrected chi connectivity index (χ1v) is 7.78. The number of hydrogen-bond donors (Lipinski definition) is 3. The van der Waals surface area contributed by atoms with Crippen LogP contribution in [0.4, 0.5) is 0 Å². The van der Waals surface area contributed by atoms with Crippen LogP contribution >= 0.6 is 0 Å². The largest absolute Gasteiger partial charge is 0.354 e. The summed E-state index contributed by atoms with van der Waals surface area (Å²) in [4.78, 5) is 39.2. The normalized spacial score (nSPS) is 15.1. The number of aromatic amines is 1. The molecule has 0 spiro atoms. The van der Waals surface area contributed by atoms with E-state index in [1.165, 1.54) is 0 Å². The number of aromatic nitrogens is 1. The number of aryl methyl sites for hydroxylation is 1. The Morgan fingerprint density at radius 3 is 2.68 bits per heavy atom. The van der Waals surface area contributed by atoms with Crippen LogP contribution in [0.1, 0.15) is 65.2 Å². The Morgan fingerprint density at radius 1 is 1.32 bits per heavy atom. The van der Waals surface area contributed by atoms with E-state index < -0.39 is 6.04 Å². The van der Waals surface area contributed by atoms with Gasteiger partial charge in [0.05, 0.1) is 0 Å². The van der Waals surface area contributed by atoms with Crippen LogP contribution in [0.25, 0.3) is 0 Å². The molecule has 2 rings (SSSR count). The van der Waals surface area contributed by atoms with Crippen molar-refractivity contribution in [3.63, 3.8) is 0 Å². The molecule has 6 nitrogen and oxygen atoms in total. The van der Waals surface area contributed by atoms with Gasteiger partial charge in [-0.25, -0.2) is 0 Å². The maximum atomic E-state index is 12.3. The molecule has 0 aliphatic heterocycles. The van der Waals surface area contributed by atoms with E-state index in [1.54, 1.807) is 13.8 Å². The van der Waals surface area contributed by atoms with Crippen molar-refractivity contribution in [1.29, 1.82) is 0 Å². The van der Waals surface area contributed by atoms with E-state index >= 15 is 0 Å². The molecule has 0 radical (unpaired) electrons. The number of Topliss-reactive ketones (excluding diaryl/α,β-unsaturated/α-hetero) is 1. The van der Waals surface area contributed by atoms with Crippen LogP contribution in [0, 0.1) is 6.92 Å². The molecule has 0 fully saturated rings. The zero-order chi connectivity index (χ0) is 16.3. The quantitative estimate of drug-likeness (QED) is 0.769. The van der Waals surface area contributed by atoms with Crippen LogP contribution in [-0.2, 0) is 11.2 Å². The van der Waals surface area contributed by atoms with E-state index in [0.717, 1.165) is 25.0 Å². The Morgan fingerprint density at radius 2 is 2.05 bits per heavy atom. The van der Waals surface area contributed by atoms with Gasteiger partial charge in [0.2, 0.25) is 5.91 Å². The van der Waals surface area contributed by atoms with Gasteiger partial charge in [0.25, 0.3) is 5.91 Å². The molecular weight excluding hydrogens is 282 g/mol. The topological polar surface area (TPSA) is 91.1 Å². The molecule has 1 aromatic heterocycles. The van der Waals surface area contributed by atoms with Crippen molar-refractivity contribution in [3.8, 4) is 0 Å². The summed E-state index contributed by atoms with van der Waals surface area (Å²) in [6.45, 7) is 5.97. The molecule has 1 aliphatic carbocycles. The van der Waals surface area contributed by atoms with Crippen molar-refractivity contribution in [2.45, 2.75) is 52.5 Å². The Hall–Kier alpha value is -2.11. The molecule has 1 heterocycles. The number of ketones is 1. The number of fused-ring (bicyclic) bond motifs is 1. The van der Waals surface area contributed by atoms with Gasteiger partial charge in [0.1, 0.15) is 11.7 Å². The average molecular weight is 305 g/mol. The van der Waals surface area contributed by atoms with Gasteiger partial charge in [-0.05, 0) is 38.7 Å².